The summed E-state index contributed by atoms with van der Waals surface area (Å²) in [5, 5.41) is 7.29. The minimum atomic E-state index is -3.61. The van der Waals surface area contributed by atoms with Crippen LogP contribution in [0.1, 0.15) is 27.2 Å². The molecule has 1 unspecified atom stereocenters. The maximum absolute atomic E-state index is 12.7. The number of benzene rings is 2. The average molecular weight is 425 g/mol. The Morgan fingerprint density at radius 2 is 1.87 bits per heavy atom. The second kappa shape index (κ2) is 8.41. The van der Waals surface area contributed by atoms with Gasteiger partial charge in [0.25, 0.3) is 5.91 Å². The number of sulfonamides is 1. The Morgan fingerprint density at radius 3 is 2.60 bits per heavy atom. The number of carbonyl (C=O) groups excluding carboxylic acids is 1. The third kappa shape index (κ3) is 4.60. The average Bonchev–Trinajstić information content (AvgIpc) is 3.33. The number of fused-ring (bicyclic) bond motifs is 1. The van der Waals surface area contributed by atoms with Gasteiger partial charge in [-0.1, -0.05) is 24.3 Å². The van der Waals surface area contributed by atoms with Gasteiger partial charge in [-0.3, -0.25) is 9.48 Å². The Kier molecular flexibility index (Phi) is 5.69. The Bertz CT molecular complexity index is 1160. The number of aryl methyl sites for hydroxylation is 1. The van der Waals surface area contributed by atoms with E-state index in [0.717, 1.165) is 16.8 Å². The molecule has 0 bridgehead atoms. The van der Waals surface area contributed by atoms with Crippen LogP contribution in [0, 0.1) is 6.92 Å². The van der Waals surface area contributed by atoms with Crippen molar-refractivity contribution in [1.82, 2.24) is 19.8 Å². The highest BCUT2D eigenvalue weighted by molar-refractivity contribution is 7.89. The first-order chi connectivity index (χ1) is 14.4. The first-order valence-corrected chi connectivity index (χ1v) is 11.4. The summed E-state index contributed by atoms with van der Waals surface area (Å²) in [5.41, 5.74) is 3.54. The Morgan fingerprint density at radius 1 is 1.10 bits per heavy atom. The molecule has 0 radical (unpaired) electrons. The minimum Gasteiger partial charge on any atom is -0.349 e. The molecule has 7 nitrogen and oxygen atoms in total. The van der Waals surface area contributed by atoms with Gasteiger partial charge in [-0.15, -0.1) is 0 Å². The third-order valence-electron chi connectivity index (χ3n) is 5.20. The van der Waals surface area contributed by atoms with E-state index in [0.29, 0.717) is 24.9 Å². The van der Waals surface area contributed by atoms with E-state index in [4.69, 9.17) is 0 Å². The molecule has 156 valence electrons. The Hall–Kier alpha value is -2.97. The summed E-state index contributed by atoms with van der Waals surface area (Å²) < 4.78 is 29.7. The quantitative estimate of drug-likeness (QED) is 0.607. The van der Waals surface area contributed by atoms with Crippen LogP contribution in [0.25, 0.3) is 0 Å². The zero-order chi connectivity index (χ0) is 21.1. The lowest BCUT2D eigenvalue weighted by atomic mass is 10.1. The topological polar surface area (TPSA) is 93.1 Å². The predicted molar refractivity (Wildman–Crippen MR) is 114 cm³/mol. The van der Waals surface area contributed by atoms with E-state index in [1.807, 2.05) is 43.5 Å². The molecule has 0 fully saturated rings. The van der Waals surface area contributed by atoms with Crippen molar-refractivity contribution in [3.05, 3.63) is 83.2 Å². The molecule has 0 spiro atoms. The second-order valence-corrected chi connectivity index (χ2v) is 9.26. The van der Waals surface area contributed by atoms with Crippen molar-refractivity contribution >= 4 is 15.9 Å². The zero-order valence-electron chi connectivity index (χ0n) is 16.7. The molecule has 8 heteroatoms. The van der Waals surface area contributed by atoms with E-state index < -0.39 is 10.0 Å². The molecule has 30 heavy (non-hydrogen) atoms. The van der Waals surface area contributed by atoms with Gasteiger partial charge in [0, 0.05) is 24.3 Å². The number of hydrogen-bond donors (Lipinski definition) is 2. The molecule has 1 amide bonds. The molecule has 1 aliphatic rings. The number of amides is 1. The maximum atomic E-state index is 12.7. The zero-order valence-corrected chi connectivity index (χ0v) is 17.5. The molecule has 1 heterocycles. The van der Waals surface area contributed by atoms with Crippen molar-refractivity contribution in [3.8, 4) is 0 Å². The van der Waals surface area contributed by atoms with Gasteiger partial charge in [-0.25, -0.2) is 13.1 Å². The lowest BCUT2D eigenvalue weighted by molar-refractivity contribution is 0.0938. The molecule has 2 N–H and O–H groups in total. The van der Waals surface area contributed by atoms with E-state index in [9.17, 15) is 13.2 Å². The largest absolute Gasteiger partial charge is 0.349 e. The summed E-state index contributed by atoms with van der Waals surface area (Å²) in [6.45, 7) is 2.61. The number of aromatic nitrogens is 2. The fourth-order valence-electron chi connectivity index (χ4n) is 3.69. The maximum Gasteiger partial charge on any atom is 0.251 e. The lowest BCUT2D eigenvalue weighted by Gasteiger charge is -2.11. The van der Waals surface area contributed by atoms with Gasteiger partial charge in [-0.2, -0.15) is 5.10 Å². The molecular formula is C22H24N4O3S. The van der Waals surface area contributed by atoms with E-state index in [1.54, 1.807) is 28.9 Å². The summed E-state index contributed by atoms with van der Waals surface area (Å²) in [6.07, 6.45) is 3.13. The highest BCUT2D eigenvalue weighted by Gasteiger charge is 2.25. The highest BCUT2D eigenvalue weighted by atomic mass is 32.2. The van der Waals surface area contributed by atoms with Crippen molar-refractivity contribution < 1.29 is 13.2 Å². The minimum absolute atomic E-state index is 0.0401. The molecule has 0 aliphatic heterocycles. The van der Waals surface area contributed by atoms with Gasteiger partial charge in [0.2, 0.25) is 10.0 Å². The van der Waals surface area contributed by atoms with Gasteiger partial charge in [0.1, 0.15) is 0 Å². The number of nitrogens with one attached hydrogen (secondary N) is 2. The van der Waals surface area contributed by atoms with Gasteiger partial charge >= 0.3 is 0 Å². The van der Waals surface area contributed by atoms with Crippen molar-refractivity contribution in [3.63, 3.8) is 0 Å². The first-order valence-electron chi connectivity index (χ1n) is 9.88. The molecule has 1 atom stereocenters. The summed E-state index contributed by atoms with van der Waals surface area (Å²) in [7, 11) is -3.61. The SMILES string of the molecule is Cc1ccn(CCNS(=O)(=O)c2ccc3c(c2)CC(NC(=O)c2ccccc2)C3)n1. The molecule has 1 aromatic heterocycles. The number of nitrogens with zero attached hydrogens (tertiary/aromatic N) is 2. The monoisotopic (exact) mass is 424 g/mol. The van der Waals surface area contributed by atoms with E-state index >= 15 is 0 Å². The number of hydrogen-bond acceptors (Lipinski definition) is 4. The van der Waals surface area contributed by atoms with Gasteiger partial charge in [0.15, 0.2) is 0 Å². The molecule has 2 aromatic carbocycles. The predicted octanol–water partition coefficient (Wildman–Crippen LogP) is 2.07. The summed E-state index contributed by atoms with van der Waals surface area (Å²) in [6, 6.07) is 16.1. The fraction of sp³-hybridized carbons (Fsp3) is 0.273. The summed E-state index contributed by atoms with van der Waals surface area (Å²) in [5.74, 6) is -0.114. The van der Waals surface area contributed by atoms with Crippen molar-refractivity contribution in [2.75, 3.05) is 6.54 Å². The normalized spacial score (nSPS) is 15.7. The number of rotatable bonds is 7. The van der Waals surface area contributed by atoms with Crippen LogP contribution in [-0.4, -0.2) is 36.7 Å². The molecule has 0 saturated heterocycles. The van der Waals surface area contributed by atoms with Gasteiger partial charge in [-0.05, 0) is 61.2 Å². The van der Waals surface area contributed by atoms with Crippen LogP contribution < -0.4 is 10.0 Å². The second-order valence-electron chi connectivity index (χ2n) is 7.49. The van der Waals surface area contributed by atoms with E-state index in [1.165, 1.54) is 0 Å². The number of carbonyl (C=O) groups is 1. The summed E-state index contributed by atoms with van der Waals surface area (Å²) >= 11 is 0. The lowest BCUT2D eigenvalue weighted by Crippen LogP contribution is -2.35. The molecule has 3 aromatic rings. The molecular weight excluding hydrogens is 400 g/mol. The van der Waals surface area contributed by atoms with Crippen molar-refractivity contribution in [1.29, 1.82) is 0 Å². The van der Waals surface area contributed by atoms with Crippen LogP contribution in [0.5, 0.6) is 0 Å². The molecule has 4 rings (SSSR count). The van der Waals surface area contributed by atoms with Crippen LogP contribution >= 0.6 is 0 Å². The highest BCUT2D eigenvalue weighted by Crippen LogP contribution is 2.25. The van der Waals surface area contributed by atoms with Gasteiger partial charge < -0.3 is 5.32 Å². The van der Waals surface area contributed by atoms with Crippen LogP contribution in [-0.2, 0) is 29.4 Å². The molecule has 1 aliphatic carbocycles. The molecule has 0 saturated carbocycles. The third-order valence-corrected chi connectivity index (χ3v) is 6.66. The van der Waals surface area contributed by atoms with Crippen LogP contribution in [0.2, 0.25) is 0 Å². The summed E-state index contributed by atoms with van der Waals surface area (Å²) in [4.78, 5) is 12.6. The van der Waals surface area contributed by atoms with Crippen LogP contribution in [0.4, 0.5) is 0 Å². The van der Waals surface area contributed by atoms with Crippen LogP contribution in [0.15, 0.2) is 65.7 Å². The van der Waals surface area contributed by atoms with Crippen molar-refractivity contribution in [2.45, 2.75) is 37.2 Å². The smallest absolute Gasteiger partial charge is 0.251 e. The van der Waals surface area contributed by atoms with E-state index in [-0.39, 0.29) is 23.4 Å². The standard InChI is InChI=1S/C22H24N4O3S/c1-16-9-11-26(25-16)12-10-23-30(28,29)21-8-7-18-13-20(14-19(18)15-21)24-22(27)17-5-3-2-4-6-17/h2-9,11,15,20,23H,10,12-14H2,1H3,(H,24,27). The van der Waals surface area contributed by atoms with E-state index in [2.05, 4.69) is 15.1 Å². The van der Waals surface area contributed by atoms with Crippen LogP contribution in [0.3, 0.4) is 0 Å². The Balaban J connectivity index is 1.38. The fourth-order valence-corrected chi connectivity index (χ4v) is 4.76. The van der Waals surface area contributed by atoms with Gasteiger partial charge in [0.05, 0.1) is 17.1 Å². The Labute approximate surface area is 176 Å². The van der Waals surface area contributed by atoms with Crippen molar-refractivity contribution in [2.24, 2.45) is 0 Å². The first kappa shape index (κ1) is 20.3.